The summed E-state index contributed by atoms with van der Waals surface area (Å²) in [5, 5.41) is 10.7. The summed E-state index contributed by atoms with van der Waals surface area (Å²) < 4.78 is 7.81. The van der Waals surface area contributed by atoms with Crippen LogP contribution in [0.2, 0.25) is 0 Å². The van der Waals surface area contributed by atoms with Gasteiger partial charge in [-0.15, -0.1) is 24.0 Å². The molecule has 24 heavy (non-hydrogen) atoms. The first-order valence-corrected chi connectivity index (χ1v) is 7.86. The van der Waals surface area contributed by atoms with Gasteiger partial charge < -0.3 is 15.4 Å². The van der Waals surface area contributed by atoms with Crippen LogP contribution in [-0.2, 0) is 13.6 Å². The van der Waals surface area contributed by atoms with Crippen molar-refractivity contribution in [3.63, 3.8) is 0 Å². The average molecular weight is 443 g/mol. The van der Waals surface area contributed by atoms with Gasteiger partial charge in [-0.3, -0.25) is 9.67 Å². The molecular formula is C17H26IN5O. The summed E-state index contributed by atoms with van der Waals surface area (Å²) in [7, 11) is 3.69. The van der Waals surface area contributed by atoms with E-state index in [9.17, 15) is 0 Å². The van der Waals surface area contributed by atoms with Crippen molar-refractivity contribution in [1.29, 1.82) is 0 Å². The fourth-order valence-electron chi connectivity index (χ4n) is 2.14. The molecule has 1 heterocycles. The Bertz CT molecular complexity index is 614. The summed E-state index contributed by atoms with van der Waals surface area (Å²) in [6.07, 6.45) is 2.79. The molecule has 1 aromatic carbocycles. The van der Waals surface area contributed by atoms with Crippen molar-refractivity contribution in [3.8, 4) is 5.75 Å². The molecule has 0 bridgehead atoms. The lowest BCUT2D eigenvalue weighted by atomic mass is 10.2. The number of hydrogen-bond acceptors (Lipinski definition) is 3. The van der Waals surface area contributed by atoms with Crippen molar-refractivity contribution in [1.82, 2.24) is 20.4 Å². The zero-order valence-corrected chi connectivity index (χ0v) is 16.7. The maximum absolute atomic E-state index is 5.97. The van der Waals surface area contributed by atoms with Crippen LogP contribution in [-0.4, -0.2) is 35.4 Å². The molecule has 6 nitrogen and oxygen atoms in total. The summed E-state index contributed by atoms with van der Waals surface area (Å²) in [6, 6.07) is 11.9. The molecule has 0 aliphatic carbocycles. The largest absolute Gasteiger partial charge is 0.489 e. The third-order valence-electron chi connectivity index (χ3n) is 3.58. The van der Waals surface area contributed by atoms with Gasteiger partial charge in [-0.05, 0) is 24.6 Å². The fraction of sp³-hybridized carbons (Fsp3) is 0.412. The molecule has 2 rings (SSSR count). The van der Waals surface area contributed by atoms with Crippen molar-refractivity contribution in [3.05, 3.63) is 48.3 Å². The van der Waals surface area contributed by atoms with E-state index in [4.69, 9.17) is 4.74 Å². The lowest BCUT2D eigenvalue weighted by Gasteiger charge is -2.20. The first-order chi connectivity index (χ1) is 11.2. The van der Waals surface area contributed by atoms with E-state index < -0.39 is 0 Å². The Kier molecular flexibility index (Phi) is 9.21. The maximum atomic E-state index is 5.97. The zero-order valence-electron chi connectivity index (χ0n) is 14.4. The van der Waals surface area contributed by atoms with Crippen LogP contribution >= 0.6 is 24.0 Å². The fourth-order valence-corrected chi connectivity index (χ4v) is 2.14. The molecule has 132 valence electrons. The molecule has 1 unspecified atom stereocenters. The highest BCUT2D eigenvalue weighted by Gasteiger charge is 2.09. The number of aryl methyl sites for hydroxylation is 1. The molecule has 7 heteroatoms. The van der Waals surface area contributed by atoms with Gasteiger partial charge in [0, 0.05) is 20.3 Å². The Morgan fingerprint density at radius 3 is 2.58 bits per heavy atom. The van der Waals surface area contributed by atoms with Gasteiger partial charge in [0.2, 0.25) is 0 Å². The SMILES string of the molecule is CCC(CNC(=NC)NCc1ccnn1C)Oc1ccccc1.I. The minimum Gasteiger partial charge on any atom is -0.489 e. The second kappa shape index (κ2) is 10.9. The number of benzene rings is 1. The van der Waals surface area contributed by atoms with Crippen LogP contribution in [0.3, 0.4) is 0 Å². The highest BCUT2D eigenvalue weighted by Crippen LogP contribution is 2.11. The standard InChI is InChI=1S/C17H25N5O.HI/c1-4-15(23-16-8-6-5-7-9-16)13-20-17(18-2)19-12-14-10-11-21-22(14)3;/h5-11,15H,4,12-13H2,1-3H3,(H2,18,19,20);1H. The van der Waals surface area contributed by atoms with Crippen LogP contribution in [0, 0.1) is 0 Å². The van der Waals surface area contributed by atoms with E-state index >= 15 is 0 Å². The van der Waals surface area contributed by atoms with Crippen molar-refractivity contribution < 1.29 is 4.74 Å². The van der Waals surface area contributed by atoms with Crippen LogP contribution in [0.1, 0.15) is 19.0 Å². The van der Waals surface area contributed by atoms with Crippen LogP contribution in [0.15, 0.2) is 47.6 Å². The predicted molar refractivity (Wildman–Crippen MR) is 108 cm³/mol. The van der Waals surface area contributed by atoms with E-state index in [2.05, 4.69) is 27.6 Å². The van der Waals surface area contributed by atoms with Gasteiger partial charge in [-0.1, -0.05) is 25.1 Å². The minimum absolute atomic E-state index is 0. The zero-order chi connectivity index (χ0) is 16.5. The molecule has 1 aromatic heterocycles. The van der Waals surface area contributed by atoms with Crippen LogP contribution < -0.4 is 15.4 Å². The molecule has 0 radical (unpaired) electrons. The summed E-state index contributed by atoms with van der Waals surface area (Å²) >= 11 is 0. The summed E-state index contributed by atoms with van der Waals surface area (Å²) in [5.41, 5.74) is 1.10. The number of para-hydroxylation sites is 1. The summed E-state index contributed by atoms with van der Waals surface area (Å²) in [6.45, 7) is 3.48. The predicted octanol–water partition coefficient (Wildman–Crippen LogP) is 2.56. The Hall–Kier alpha value is -1.77. The van der Waals surface area contributed by atoms with Crippen molar-refractivity contribution in [2.24, 2.45) is 12.0 Å². The smallest absolute Gasteiger partial charge is 0.191 e. The number of guanidine groups is 1. The number of hydrogen-bond donors (Lipinski definition) is 2. The van der Waals surface area contributed by atoms with Crippen molar-refractivity contribution in [2.45, 2.75) is 26.0 Å². The molecular weight excluding hydrogens is 417 g/mol. The Morgan fingerprint density at radius 1 is 1.25 bits per heavy atom. The van der Waals surface area contributed by atoms with Crippen LogP contribution in [0.5, 0.6) is 5.75 Å². The highest BCUT2D eigenvalue weighted by molar-refractivity contribution is 14.0. The molecule has 0 aliphatic heterocycles. The number of rotatable bonds is 7. The highest BCUT2D eigenvalue weighted by atomic mass is 127. The molecule has 2 N–H and O–H groups in total. The number of aromatic nitrogens is 2. The molecule has 0 saturated heterocycles. The lowest BCUT2D eigenvalue weighted by Crippen LogP contribution is -2.42. The summed E-state index contributed by atoms with van der Waals surface area (Å²) in [4.78, 5) is 4.24. The van der Waals surface area contributed by atoms with E-state index in [1.807, 2.05) is 48.1 Å². The number of halogens is 1. The molecule has 2 aromatic rings. The van der Waals surface area contributed by atoms with E-state index in [1.54, 1.807) is 13.2 Å². The number of ether oxygens (including phenoxy) is 1. The second-order valence-electron chi connectivity index (χ2n) is 5.21. The first-order valence-electron chi connectivity index (χ1n) is 7.86. The van der Waals surface area contributed by atoms with Crippen molar-refractivity contribution in [2.75, 3.05) is 13.6 Å². The third-order valence-corrected chi connectivity index (χ3v) is 3.58. The molecule has 0 aliphatic rings. The van der Waals surface area contributed by atoms with E-state index in [-0.39, 0.29) is 30.1 Å². The van der Waals surface area contributed by atoms with Gasteiger partial charge in [-0.25, -0.2) is 0 Å². The third kappa shape index (κ3) is 6.38. The molecule has 0 saturated carbocycles. The number of nitrogens with zero attached hydrogens (tertiary/aromatic N) is 3. The molecule has 0 fully saturated rings. The van der Waals surface area contributed by atoms with Gasteiger partial charge in [0.25, 0.3) is 0 Å². The molecule has 0 spiro atoms. The topological polar surface area (TPSA) is 63.5 Å². The van der Waals surface area contributed by atoms with Crippen LogP contribution in [0.25, 0.3) is 0 Å². The quantitative estimate of drug-likeness (QED) is 0.392. The number of nitrogens with one attached hydrogen (secondary N) is 2. The lowest BCUT2D eigenvalue weighted by molar-refractivity contribution is 0.199. The second-order valence-corrected chi connectivity index (χ2v) is 5.21. The van der Waals surface area contributed by atoms with Gasteiger partial charge >= 0.3 is 0 Å². The normalized spacial score (nSPS) is 12.2. The van der Waals surface area contributed by atoms with E-state index in [0.717, 1.165) is 23.8 Å². The van der Waals surface area contributed by atoms with E-state index in [1.165, 1.54) is 0 Å². The average Bonchev–Trinajstić information content (AvgIpc) is 3.00. The first kappa shape index (κ1) is 20.3. The Labute approximate surface area is 160 Å². The van der Waals surface area contributed by atoms with Gasteiger partial charge in [0.1, 0.15) is 11.9 Å². The monoisotopic (exact) mass is 443 g/mol. The Balaban J connectivity index is 0.00000288. The summed E-state index contributed by atoms with van der Waals surface area (Å²) in [5.74, 6) is 1.64. The minimum atomic E-state index is 0. The van der Waals surface area contributed by atoms with Crippen LogP contribution in [0.4, 0.5) is 0 Å². The van der Waals surface area contributed by atoms with Gasteiger partial charge in [0.05, 0.1) is 18.8 Å². The van der Waals surface area contributed by atoms with Gasteiger partial charge in [-0.2, -0.15) is 5.10 Å². The van der Waals surface area contributed by atoms with E-state index in [0.29, 0.717) is 13.1 Å². The number of aliphatic imine (C=N–C) groups is 1. The Morgan fingerprint density at radius 2 is 2.00 bits per heavy atom. The molecule has 1 atom stereocenters. The van der Waals surface area contributed by atoms with Gasteiger partial charge in [0.15, 0.2) is 5.96 Å². The maximum Gasteiger partial charge on any atom is 0.191 e. The molecule has 0 amide bonds. The van der Waals surface area contributed by atoms with Crippen molar-refractivity contribution >= 4 is 29.9 Å².